The van der Waals surface area contributed by atoms with Crippen LogP contribution in [0.5, 0.6) is 0 Å². The van der Waals surface area contributed by atoms with Gasteiger partial charge in [-0.15, -0.1) is 0 Å². The summed E-state index contributed by atoms with van der Waals surface area (Å²) in [6.45, 7) is 0. The molecule has 2 aromatic heterocycles. The van der Waals surface area contributed by atoms with Gasteiger partial charge in [0.2, 0.25) is 0 Å². The molecule has 33 heavy (non-hydrogen) atoms. The van der Waals surface area contributed by atoms with E-state index in [9.17, 15) is 9.59 Å². The second-order valence-electron chi connectivity index (χ2n) is 8.39. The summed E-state index contributed by atoms with van der Waals surface area (Å²) in [5, 5.41) is 6.03. The lowest BCUT2D eigenvalue weighted by atomic mass is 9.95. The van der Waals surface area contributed by atoms with Crippen LogP contribution in [0.15, 0.2) is 67.0 Å². The fourth-order valence-corrected chi connectivity index (χ4v) is 4.22. The zero-order chi connectivity index (χ0) is 22.6. The van der Waals surface area contributed by atoms with Crippen molar-refractivity contribution >= 4 is 28.5 Å². The third kappa shape index (κ3) is 4.77. The number of rotatable bonds is 5. The van der Waals surface area contributed by atoms with E-state index in [1.54, 1.807) is 24.5 Å². The van der Waals surface area contributed by atoms with Crippen molar-refractivity contribution in [2.45, 2.75) is 38.1 Å². The Morgan fingerprint density at radius 3 is 2.36 bits per heavy atom. The summed E-state index contributed by atoms with van der Waals surface area (Å²) in [6, 6.07) is 16.6. The van der Waals surface area contributed by atoms with Gasteiger partial charge < -0.3 is 15.6 Å². The molecule has 0 bridgehead atoms. The monoisotopic (exact) mass is 439 g/mol. The first kappa shape index (κ1) is 20.9. The molecule has 3 N–H and O–H groups in total. The predicted octanol–water partition coefficient (Wildman–Crippen LogP) is 4.94. The molecule has 0 radical (unpaired) electrons. The number of aromatic amines is 1. The van der Waals surface area contributed by atoms with Crippen LogP contribution in [0, 0.1) is 0 Å². The summed E-state index contributed by atoms with van der Waals surface area (Å²) in [6.07, 6.45) is 8.90. The molecule has 4 aromatic rings. The molecule has 1 fully saturated rings. The van der Waals surface area contributed by atoms with E-state index in [0.717, 1.165) is 29.4 Å². The van der Waals surface area contributed by atoms with Crippen molar-refractivity contribution < 1.29 is 9.59 Å². The lowest BCUT2D eigenvalue weighted by Gasteiger charge is -2.22. The third-order valence-electron chi connectivity index (χ3n) is 6.04. The second kappa shape index (κ2) is 9.24. The molecular formula is C26H25N5O2. The van der Waals surface area contributed by atoms with Gasteiger partial charge in [-0.2, -0.15) is 0 Å². The highest BCUT2D eigenvalue weighted by Gasteiger charge is 2.17. The quantitative estimate of drug-likeness (QED) is 0.410. The maximum absolute atomic E-state index is 12.7. The minimum absolute atomic E-state index is 0.0392. The maximum Gasteiger partial charge on any atom is 0.255 e. The largest absolute Gasteiger partial charge is 0.349 e. The van der Waals surface area contributed by atoms with Gasteiger partial charge in [-0.25, -0.2) is 4.98 Å². The van der Waals surface area contributed by atoms with E-state index in [-0.39, 0.29) is 17.9 Å². The molecule has 166 valence electrons. The molecule has 5 rings (SSSR count). The molecule has 0 aliphatic heterocycles. The summed E-state index contributed by atoms with van der Waals surface area (Å²) in [4.78, 5) is 36.9. The first-order valence-electron chi connectivity index (χ1n) is 11.3. The number of H-pyrrole nitrogens is 1. The van der Waals surface area contributed by atoms with Crippen LogP contribution in [0.3, 0.4) is 0 Å². The highest BCUT2D eigenvalue weighted by molar-refractivity contribution is 6.04. The SMILES string of the molecule is O=C(Nc1ccc(-c2nc3cc(C(=O)NC4CCCCC4)ccc3[nH]2)cc1)c1ccncc1. The lowest BCUT2D eigenvalue weighted by Crippen LogP contribution is -2.36. The van der Waals surface area contributed by atoms with Gasteiger partial charge in [-0.3, -0.25) is 14.6 Å². The Hall–Kier alpha value is -4.00. The van der Waals surface area contributed by atoms with Crippen molar-refractivity contribution in [1.29, 1.82) is 0 Å². The molecule has 1 saturated carbocycles. The van der Waals surface area contributed by atoms with Crippen molar-refractivity contribution in [2.75, 3.05) is 5.32 Å². The van der Waals surface area contributed by atoms with Crippen LogP contribution in [0.1, 0.15) is 52.8 Å². The Labute approximate surface area is 191 Å². The number of benzene rings is 2. The Morgan fingerprint density at radius 2 is 1.61 bits per heavy atom. The van der Waals surface area contributed by atoms with Crippen molar-refractivity contribution in [2.24, 2.45) is 0 Å². The number of carbonyl (C=O) groups is 2. The molecule has 0 spiro atoms. The van der Waals surface area contributed by atoms with Crippen LogP contribution in [-0.2, 0) is 0 Å². The fourth-order valence-electron chi connectivity index (χ4n) is 4.22. The van der Waals surface area contributed by atoms with Crippen LogP contribution < -0.4 is 10.6 Å². The van der Waals surface area contributed by atoms with Gasteiger partial charge in [0.1, 0.15) is 5.82 Å². The first-order chi connectivity index (χ1) is 16.2. The number of nitrogens with one attached hydrogen (secondary N) is 3. The van der Waals surface area contributed by atoms with E-state index in [2.05, 4.69) is 25.6 Å². The normalized spacial score (nSPS) is 14.2. The molecule has 7 nitrogen and oxygen atoms in total. The van der Waals surface area contributed by atoms with Gasteiger partial charge >= 0.3 is 0 Å². The molecule has 2 heterocycles. The second-order valence-corrected chi connectivity index (χ2v) is 8.39. The molecule has 0 saturated heterocycles. The number of hydrogen-bond acceptors (Lipinski definition) is 4. The molecule has 0 unspecified atom stereocenters. The summed E-state index contributed by atoms with van der Waals surface area (Å²) < 4.78 is 0. The summed E-state index contributed by atoms with van der Waals surface area (Å²) in [5.74, 6) is 0.484. The van der Waals surface area contributed by atoms with Gasteiger partial charge in [0, 0.05) is 40.8 Å². The van der Waals surface area contributed by atoms with Gasteiger partial charge in [0.15, 0.2) is 0 Å². The van der Waals surface area contributed by atoms with Crippen LogP contribution in [0.4, 0.5) is 5.69 Å². The van der Waals surface area contributed by atoms with Gasteiger partial charge in [0.05, 0.1) is 11.0 Å². The van der Waals surface area contributed by atoms with E-state index in [0.29, 0.717) is 22.6 Å². The zero-order valence-corrected chi connectivity index (χ0v) is 18.2. The fraction of sp³-hybridized carbons (Fsp3) is 0.231. The van der Waals surface area contributed by atoms with Crippen molar-refractivity contribution in [1.82, 2.24) is 20.3 Å². The average molecular weight is 440 g/mol. The summed E-state index contributed by atoms with van der Waals surface area (Å²) in [5.41, 5.74) is 4.38. The smallest absolute Gasteiger partial charge is 0.255 e. The molecule has 2 amide bonds. The number of anilines is 1. The first-order valence-corrected chi connectivity index (χ1v) is 11.3. The Kier molecular flexibility index (Phi) is 5.85. The minimum atomic E-state index is -0.187. The number of amides is 2. The molecule has 0 atom stereocenters. The van der Waals surface area contributed by atoms with Gasteiger partial charge in [0.25, 0.3) is 11.8 Å². The lowest BCUT2D eigenvalue weighted by molar-refractivity contribution is 0.0927. The van der Waals surface area contributed by atoms with E-state index in [4.69, 9.17) is 0 Å². The summed E-state index contributed by atoms with van der Waals surface area (Å²) in [7, 11) is 0. The van der Waals surface area contributed by atoms with Gasteiger partial charge in [-0.1, -0.05) is 19.3 Å². The van der Waals surface area contributed by atoms with Crippen LogP contribution >= 0.6 is 0 Å². The topological polar surface area (TPSA) is 99.8 Å². The number of fused-ring (bicyclic) bond motifs is 1. The third-order valence-corrected chi connectivity index (χ3v) is 6.04. The van der Waals surface area contributed by atoms with Crippen molar-refractivity contribution in [3.63, 3.8) is 0 Å². The summed E-state index contributed by atoms with van der Waals surface area (Å²) >= 11 is 0. The van der Waals surface area contributed by atoms with Crippen molar-refractivity contribution in [3.8, 4) is 11.4 Å². The van der Waals surface area contributed by atoms with E-state index in [1.807, 2.05) is 42.5 Å². The number of pyridine rings is 1. The van der Waals surface area contributed by atoms with Crippen molar-refractivity contribution in [3.05, 3.63) is 78.1 Å². The molecule has 1 aliphatic rings. The molecule has 1 aliphatic carbocycles. The highest BCUT2D eigenvalue weighted by atomic mass is 16.2. The van der Waals surface area contributed by atoms with Crippen LogP contribution in [0.2, 0.25) is 0 Å². The zero-order valence-electron chi connectivity index (χ0n) is 18.2. The Morgan fingerprint density at radius 1 is 0.848 bits per heavy atom. The molecular weight excluding hydrogens is 414 g/mol. The number of imidazole rings is 1. The predicted molar refractivity (Wildman–Crippen MR) is 128 cm³/mol. The molecule has 2 aromatic carbocycles. The molecule has 7 heteroatoms. The van der Waals surface area contributed by atoms with Gasteiger partial charge in [-0.05, 0) is 67.4 Å². The van der Waals surface area contributed by atoms with E-state index >= 15 is 0 Å². The van der Waals surface area contributed by atoms with E-state index < -0.39 is 0 Å². The Bertz CT molecular complexity index is 1280. The minimum Gasteiger partial charge on any atom is -0.349 e. The number of carbonyl (C=O) groups excluding carboxylic acids is 2. The number of nitrogens with zero attached hydrogens (tertiary/aromatic N) is 2. The maximum atomic E-state index is 12.7. The van der Waals surface area contributed by atoms with Crippen LogP contribution in [-0.4, -0.2) is 32.8 Å². The van der Waals surface area contributed by atoms with Crippen LogP contribution in [0.25, 0.3) is 22.4 Å². The number of hydrogen-bond donors (Lipinski definition) is 3. The Balaban J connectivity index is 1.29. The standard InChI is InChI=1S/C26H25N5O2/c32-25(18-12-14-27-15-13-18)29-21-9-6-17(7-10-21)24-30-22-11-8-19(16-23(22)31-24)26(33)28-20-4-2-1-3-5-20/h6-16,20H,1-5H2,(H,28,33)(H,29,32)(H,30,31). The highest BCUT2D eigenvalue weighted by Crippen LogP contribution is 2.24. The average Bonchev–Trinajstić information content (AvgIpc) is 3.29. The number of aromatic nitrogens is 3. The van der Waals surface area contributed by atoms with E-state index in [1.165, 1.54) is 19.3 Å².